The highest BCUT2D eigenvalue weighted by molar-refractivity contribution is 7.89. The van der Waals surface area contributed by atoms with Crippen molar-refractivity contribution in [3.8, 4) is 6.07 Å². The first-order valence-corrected chi connectivity index (χ1v) is 11.6. The Morgan fingerprint density at radius 3 is 2.66 bits per heavy atom. The first-order valence-electron chi connectivity index (χ1n) is 10.2. The average molecular weight is 454 g/mol. The smallest absolute Gasteiger partial charge is 0.338 e. The van der Waals surface area contributed by atoms with Gasteiger partial charge in [0.15, 0.2) is 0 Å². The molecule has 32 heavy (non-hydrogen) atoms. The fourth-order valence-electron chi connectivity index (χ4n) is 3.90. The maximum Gasteiger partial charge on any atom is 0.338 e. The van der Waals surface area contributed by atoms with E-state index >= 15 is 0 Å². The third-order valence-electron chi connectivity index (χ3n) is 5.33. The summed E-state index contributed by atoms with van der Waals surface area (Å²) >= 11 is 0. The molecule has 2 atom stereocenters. The first kappa shape index (κ1) is 22.0. The van der Waals surface area contributed by atoms with Crippen LogP contribution in [0, 0.1) is 11.3 Å². The molecule has 1 aliphatic heterocycles. The van der Waals surface area contributed by atoms with Crippen LogP contribution in [0.4, 0.5) is 0 Å². The average Bonchev–Trinajstić information content (AvgIpc) is 3.14. The number of hydrogen-bond donors (Lipinski definition) is 0. The lowest BCUT2D eigenvalue weighted by atomic mass is 10.2. The molecule has 2 aromatic heterocycles. The fourth-order valence-corrected chi connectivity index (χ4v) is 5.54. The Labute approximate surface area is 186 Å². The lowest BCUT2D eigenvalue weighted by Crippen LogP contribution is -2.48. The summed E-state index contributed by atoms with van der Waals surface area (Å²) in [6, 6.07) is 13.4. The van der Waals surface area contributed by atoms with Crippen LogP contribution in [-0.2, 0) is 26.1 Å². The predicted molar refractivity (Wildman–Crippen MR) is 116 cm³/mol. The van der Waals surface area contributed by atoms with Crippen molar-refractivity contribution in [1.82, 2.24) is 8.71 Å². The highest BCUT2D eigenvalue weighted by Gasteiger charge is 2.32. The van der Waals surface area contributed by atoms with E-state index in [9.17, 15) is 18.5 Å². The number of nitriles is 1. The Hall–Kier alpha value is -3.19. The van der Waals surface area contributed by atoms with Gasteiger partial charge in [0.1, 0.15) is 12.7 Å². The highest BCUT2D eigenvalue weighted by Crippen LogP contribution is 2.23. The van der Waals surface area contributed by atoms with Gasteiger partial charge in [-0.15, -0.1) is 0 Å². The number of pyridine rings is 1. The molecule has 3 aromatic rings. The van der Waals surface area contributed by atoms with Crippen LogP contribution >= 0.6 is 0 Å². The van der Waals surface area contributed by atoms with E-state index in [1.807, 2.05) is 38.2 Å². The minimum atomic E-state index is -3.78. The largest absolute Gasteiger partial charge is 0.457 e. The van der Waals surface area contributed by atoms with Gasteiger partial charge in [-0.3, -0.25) is 0 Å². The van der Waals surface area contributed by atoms with Crippen molar-refractivity contribution in [2.45, 2.75) is 37.6 Å². The van der Waals surface area contributed by atoms with Crippen LogP contribution in [0.3, 0.4) is 0 Å². The molecular formula is C23H23N3O5S. The van der Waals surface area contributed by atoms with E-state index in [0.29, 0.717) is 11.1 Å². The molecule has 0 spiro atoms. The summed E-state index contributed by atoms with van der Waals surface area (Å²) in [4.78, 5) is 12.7. The Morgan fingerprint density at radius 1 is 1.19 bits per heavy atom. The number of rotatable bonds is 5. The van der Waals surface area contributed by atoms with E-state index in [1.54, 1.807) is 10.6 Å². The second kappa shape index (κ2) is 8.74. The molecule has 9 heteroatoms. The molecule has 1 fully saturated rings. The Balaban J connectivity index is 1.52. The molecule has 8 nitrogen and oxygen atoms in total. The van der Waals surface area contributed by atoms with Gasteiger partial charge >= 0.3 is 5.97 Å². The molecule has 1 aromatic carbocycles. The van der Waals surface area contributed by atoms with E-state index in [4.69, 9.17) is 9.47 Å². The molecule has 0 amide bonds. The zero-order chi connectivity index (χ0) is 22.9. The minimum absolute atomic E-state index is 0.0283. The van der Waals surface area contributed by atoms with Crippen molar-refractivity contribution in [3.05, 3.63) is 71.5 Å². The van der Waals surface area contributed by atoms with E-state index in [0.717, 1.165) is 5.52 Å². The summed E-state index contributed by atoms with van der Waals surface area (Å²) in [6.07, 6.45) is 3.12. The number of sulfonamides is 1. The third-order valence-corrected chi connectivity index (χ3v) is 7.15. The van der Waals surface area contributed by atoms with Crippen LogP contribution < -0.4 is 0 Å². The molecular weight excluding hydrogens is 430 g/mol. The zero-order valence-electron chi connectivity index (χ0n) is 17.8. The van der Waals surface area contributed by atoms with Gasteiger partial charge in [-0.1, -0.05) is 12.1 Å². The molecule has 166 valence electrons. The molecule has 1 saturated heterocycles. The molecule has 0 radical (unpaired) electrons. The number of fused-ring (bicyclic) bond motifs is 1. The summed E-state index contributed by atoms with van der Waals surface area (Å²) in [5, 5.41) is 9.49. The van der Waals surface area contributed by atoms with Crippen molar-refractivity contribution >= 4 is 21.5 Å². The van der Waals surface area contributed by atoms with E-state index in [-0.39, 0.29) is 42.4 Å². The van der Waals surface area contributed by atoms with Gasteiger partial charge in [0, 0.05) is 31.0 Å². The Bertz CT molecular complexity index is 1300. The molecule has 1 aliphatic rings. The fraction of sp³-hybridized carbons (Fsp3) is 0.304. The monoisotopic (exact) mass is 453 g/mol. The molecule has 4 rings (SSSR count). The van der Waals surface area contributed by atoms with Gasteiger partial charge in [-0.05, 0) is 44.2 Å². The maximum atomic E-state index is 13.1. The lowest BCUT2D eigenvalue weighted by Gasteiger charge is -2.34. The summed E-state index contributed by atoms with van der Waals surface area (Å²) in [7, 11) is -3.78. The van der Waals surface area contributed by atoms with Crippen LogP contribution in [-0.4, -0.2) is 48.4 Å². The molecule has 0 bridgehead atoms. The van der Waals surface area contributed by atoms with E-state index in [2.05, 4.69) is 6.07 Å². The van der Waals surface area contributed by atoms with Crippen molar-refractivity contribution in [1.29, 1.82) is 5.26 Å². The number of esters is 1. The lowest BCUT2D eigenvalue weighted by molar-refractivity contribution is -0.0440. The van der Waals surface area contributed by atoms with Gasteiger partial charge in [0.05, 0.1) is 33.7 Å². The van der Waals surface area contributed by atoms with Crippen molar-refractivity contribution < 1.29 is 22.7 Å². The minimum Gasteiger partial charge on any atom is -0.457 e. The zero-order valence-corrected chi connectivity index (χ0v) is 18.6. The van der Waals surface area contributed by atoms with Crippen LogP contribution in [0.5, 0.6) is 0 Å². The summed E-state index contributed by atoms with van der Waals surface area (Å²) in [5.74, 6) is -0.662. The van der Waals surface area contributed by atoms with Crippen molar-refractivity contribution in [2.75, 3.05) is 13.1 Å². The summed E-state index contributed by atoms with van der Waals surface area (Å²) in [6.45, 7) is 4.05. The Kier molecular flexibility index (Phi) is 6.02. The number of morpholine rings is 1. The number of aromatic nitrogens is 1. The van der Waals surface area contributed by atoms with E-state index < -0.39 is 16.0 Å². The standard InChI is InChI=1S/C23H23N3O5S/c1-16-12-26(13-17(2)31-16)32(28,29)20-7-5-6-18(10-20)23(27)30-15-19-14-25-9-4-3-8-22(25)21(19)11-24/h3-10,14,16-17H,12-13,15H2,1-2H3. The predicted octanol–water partition coefficient (Wildman–Crippen LogP) is 2.97. The quantitative estimate of drug-likeness (QED) is 0.551. The van der Waals surface area contributed by atoms with Crippen molar-refractivity contribution in [3.63, 3.8) is 0 Å². The van der Waals surface area contributed by atoms with Crippen LogP contribution in [0.1, 0.15) is 35.3 Å². The number of ether oxygens (including phenoxy) is 2. The molecule has 3 heterocycles. The number of benzene rings is 1. The van der Waals surface area contributed by atoms with Gasteiger partial charge in [0.25, 0.3) is 0 Å². The first-order chi connectivity index (χ1) is 15.3. The normalized spacial score (nSPS) is 19.5. The van der Waals surface area contributed by atoms with Gasteiger partial charge < -0.3 is 13.9 Å². The highest BCUT2D eigenvalue weighted by atomic mass is 32.2. The number of carbonyl (C=O) groups excluding carboxylic acids is 1. The number of carbonyl (C=O) groups is 1. The molecule has 0 aliphatic carbocycles. The van der Waals surface area contributed by atoms with Crippen LogP contribution in [0.2, 0.25) is 0 Å². The maximum absolute atomic E-state index is 13.1. The molecule has 2 unspecified atom stereocenters. The van der Waals surface area contributed by atoms with Gasteiger partial charge in [0.2, 0.25) is 10.0 Å². The summed E-state index contributed by atoms with van der Waals surface area (Å²) < 4.78 is 40.4. The second-order valence-electron chi connectivity index (χ2n) is 7.82. The van der Waals surface area contributed by atoms with Crippen LogP contribution in [0.25, 0.3) is 5.52 Å². The van der Waals surface area contributed by atoms with Crippen LogP contribution in [0.15, 0.2) is 59.8 Å². The topological polar surface area (TPSA) is 101 Å². The van der Waals surface area contributed by atoms with Gasteiger partial charge in [-0.2, -0.15) is 9.57 Å². The number of hydrogen-bond acceptors (Lipinski definition) is 6. The van der Waals surface area contributed by atoms with Crippen molar-refractivity contribution in [2.24, 2.45) is 0 Å². The van der Waals surface area contributed by atoms with E-state index in [1.165, 1.54) is 28.6 Å². The molecule has 0 N–H and O–H groups in total. The van der Waals surface area contributed by atoms with Gasteiger partial charge in [-0.25, -0.2) is 13.2 Å². The number of nitrogens with zero attached hydrogens (tertiary/aromatic N) is 3. The third kappa shape index (κ3) is 4.25. The second-order valence-corrected chi connectivity index (χ2v) is 9.76. The SMILES string of the molecule is CC1CN(S(=O)(=O)c2cccc(C(=O)OCc3cn4ccccc4c3C#N)c2)CC(C)O1. The molecule has 0 saturated carbocycles. The summed E-state index contributed by atoms with van der Waals surface area (Å²) in [5.41, 5.74) is 1.86. The Morgan fingerprint density at radius 2 is 1.94 bits per heavy atom.